The second-order valence-electron chi connectivity index (χ2n) is 5.42. The third-order valence-electron chi connectivity index (χ3n) is 3.52. The van der Waals surface area contributed by atoms with Crippen molar-refractivity contribution in [1.82, 2.24) is 4.90 Å². The van der Waals surface area contributed by atoms with E-state index in [0.717, 1.165) is 6.54 Å². The number of hydrogen-bond acceptors (Lipinski definition) is 2. The molecule has 1 heterocycles. The molecule has 1 amide bonds. The van der Waals surface area contributed by atoms with Crippen molar-refractivity contribution in [1.29, 1.82) is 0 Å². The molecule has 1 fully saturated rings. The molecule has 0 unspecified atom stereocenters. The lowest BCUT2D eigenvalue weighted by molar-refractivity contribution is -0.141. The number of likely N-dealkylation sites (tertiary alicyclic amines) is 1. The van der Waals surface area contributed by atoms with Gasteiger partial charge < -0.3 is 4.90 Å². The molecule has 1 saturated heterocycles. The van der Waals surface area contributed by atoms with E-state index >= 15 is 0 Å². The van der Waals surface area contributed by atoms with Crippen LogP contribution in [-0.2, 0) is 9.59 Å². The van der Waals surface area contributed by atoms with Crippen LogP contribution in [0.3, 0.4) is 0 Å². The molecule has 1 rings (SSSR count). The van der Waals surface area contributed by atoms with E-state index in [0.29, 0.717) is 18.9 Å². The van der Waals surface area contributed by atoms with Gasteiger partial charge in [0.15, 0.2) is 0 Å². The van der Waals surface area contributed by atoms with Crippen LogP contribution in [0.5, 0.6) is 0 Å². The summed E-state index contributed by atoms with van der Waals surface area (Å²) in [4.78, 5) is 24.5. The zero-order valence-electron chi connectivity index (χ0n) is 10.2. The molecule has 1 aliphatic heterocycles. The lowest BCUT2D eigenvalue weighted by Crippen LogP contribution is -2.45. The highest BCUT2D eigenvalue weighted by Gasteiger charge is 2.30. The van der Waals surface area contributed by atoms with Crippen LogP contribution >= 0.6 is 0 Å². The van der Waals surface area contributed by atoms with E-state index in [4.69, 9.17) is 0 Å². The van der Waals surface area contributed by atoms with Crippen molar-refractivity contribution in [3.8, 4) is 0 Å². The van der Waals surface area contributed by atoms with E-state index < -0.39 is 0 Å². The van der Waals surface area contributed by atoms with Gasteiger partial charge in [-0.05, 0) is 11.3 Å². The molecule has 0 aromatic carbocycles. The number of piperidine rings is 1. The number of carbonyl (C=O) groups excluding carboxylic acids is 2. The van der Waals surface area contributed by atoms with Gasteiger partial charge in [0.2, 0.25) is 5.91 Å². The first-order chi connectivity index (χ1) is 6.83. The summed E-state index contributed by atoms with van der Waals surface area (Å²) < 4.78 is 0. The third-order valence-corrected chi connectivity index (χ3v) is 3.52. The summed E-state index contributed by atoms with van der Waals surface area (Å²) in [6, 6.07) is 0. The van der Waals surface area contributed by atoms with Crippen LogP contribution in [0.1, 0.15) is 40.5 Å². The fraction of sp³-hybridized carbons (Fsp3) is 0.833. The van der Waals surface area contributed by atoms with Crippen molar-refractivity contribution in [2.24, 2.45) is 11.3 Å². The average molecular weight is 211 g/mol. The highest BCUT2D eigenvalue weighted by molar-refractivity contribution is 6.00. The van der Waals surface area contributed by atoms with Crippen molar-refractivity contribution in [2.45, 2.75) is 40.5 Å². The van der Waals surface area contributed by atoms with Crippen molar-refractivity contribution >= 4 is 11.7 Å². The molecule has 0 atom stereocenters. The molecule has 0 radical (unpaired) electrons. The summed E-state index contributed by atoms with van der Waals surface area (Å²) in [7, 11) is 0. The van der Waals surface area contributed by atoms with Gasteiger partial charge in [0.05, 0.1) is 6.42 Å². The van der Waals surface area contributed by atoms with Gasteiger partial charge in [-0.15, -0.1) is 0 Å². The number of Topliss-reactive ketones (excluding diaryl/α,β-unsaturated/α-hetero) is 1. The van der Waals surface area contributed by atoms with Crippen LogP contribution in [0.2, 0.25) is 0 Å². The molecule has 15 heavy (non-hydrogen) atoms. The van der Waals surface area contributed by atoms with Gasteiger partial charge in [-0.3, -0.25) is 9.59 Å². The Balaban J connectivity index is 2.59. The predicted molar refractivity (Wildman–Crippen MR) is 59.4 cm³/mol. The van der Waals surface area contributed by atoms with E-state index in [2.05, 4.69) is 27.7 Å². The molecular weight excluding hydrogens is 190 g/mol. The Morgan fingerprint density at radius 2 is 1.93 bits per heavy atom. The fourth-order valence-electron chi connectivity index (χ4n) is 1.59. The Bertz CT molecular complexity index is 269. The lowest BCUT2D eigenvalue weighted by Gasteiger charge is -2.37. The van der Waals surface area contributed by atoms with Crippen LogP contribution in [0.4, 0.5) is 0 Å². The first-order valence-corrected chi connectivity index (χ1v) is 5.62. The van der Waals surface area contributed by atoms with E-state index in [1.54, 1.807) is 0 Å². The predicted octanol–water partition coefficient (Wildman–Crippen LogP) is 1.86. The number of ketones is 1. The van der Waals surface area contributed by atoms with Gasteiger partial charge in [-0.25, -0.2) is 0 Å². The van der Waals surface area contributed by atoms with Crippen molar-refractivity contribution < 1.29 is 9.59 Å². The smallest absolute Gasteiger partial charge is 0.230 e. The summed E-state index contributed by atoms with van der Waals surface area (Å²) in [6.45, 7) is 10.0. The SMILES string of the molecule is CC(C)C(C)(C)CN1CCC(=O)CC1=O. The van der Waals surface area contributed by atoms with Gasteiger partial charge in [0, 0.05) is 19.5 Å². The van der Waals surface area contributed by atoms with Crippen LogP contribution in [0, 0.1) is 11.3 Å². The summed E-state index contributed by atoms with van der Waals surface area (Å²) >= 11 is 0. The number of carbonyl (C=O) groups is 2. The zero-order valence-corrected chi connectivity index (χ0v) is 10.2. The van der Waals surface area contributed by atoms with E-state index in [1.165, 1.54) is 0 Å². The molecule has 0 bridgehead atoms. The second kappa shape index (κ2) is 4.33. The van der Waals surface area contributed by atoms with Crippen molar-refractivity contribution in [2.75, 3.05) is 13.1 Å². The molecule has 1 aliphatic rings. The first kappa shape index (κ1) is 12.2. The zero-order chi connectivity index (χ0) is 11.6. The number of nitrogens with zero attached hydrogens (tertiary/aromatic N) is 1. The molecule has 0 saturated carbocycles. The number of hydrogen-bond donors (Lipinski definition) is 0. The standard InChI is InChI=1S/C12H21NO2/c1-9(2)12(3,4)8-13-6-5-10(14)7-11(13)15/h9H,5-8H2,1-4H3. The van der Waals surface area contributed by atoms with Gasteiger partial charge in [-0.1, -0.05) is 27.7 Å². The minimum Gasteiger partial charge on any atom is -0.341 e. The molecule has 0 N–H and O–H groups in total. The highest BCUT2D eigenvalue weighted by atomic mass is 16.2. The summed E-state index contributed by atoms with van der Waals surface area (Å²) in [6.07, 6.45) is 0.633. The quantitative estimate of drug-likeness (QED) is 0.668. The molecule has 0 aliphatic carbocycles. The van der Waals surface area contributed by atoms with Crippen LogP contribution in [0.15, 0.2) is 0 Å². The molecule has 3 nitrogen and oxygen atoms in total. The van der Waals surface area contributed by atoms with Gasteiger partial charge in [0.25, 0.3) is 0 Å². The maximum absolute atomic E-state index is 11.6. The van der Waals surface area contributed by atoms with Crippen molar-refractivity contribution in [3.05, 3.63) is 0 Å². The van der Waals surface area contributed by atoms with Crippen LogP contribution in [-0.4, -0.2) is 29.7 Å². The Labute approximate surface area is 91.8 Å². The highest BCUT2D eigenvalue weighted by Crippen LogP contribution is 2.28. The Morgan fingerprint density at radius 3 is 2.40 bits per heavy atom. The Hall–Kier alpha value is -0.860. The van der Waals surface area contributed by atoms with Gasteiger partial charge >= 0.3 is 0 Å². The lowest BCUT2D eigenvalue weighted by atomic mass is 9.80. The number of amides is 1. The maximum Gasteiger partial charge on any atom is 0.230 e. The molecule has 0 aromatic heterocycles. The monoisotopic (exact) mass is 211 g/mol. The Morgan fingerprint density at radius 1 is 1.33 bits per heavy atom. The molecule has 86 valence electrons. The molecule has 0 aromatic rings. The second-order valence-corrected chi connectivity index (χ2v) is 5.42. The number of rotatable bonds is 3. The van der Waals surface area contributed by atoms with Gasteiger partial charge in [0.1, 0.15) is 5.78 Å². The Kier molecular flexibility index (Phi) is 3.53. The average Bonchev–Trinajstić information content (AvgIpc) is 2.09. The normalized spacial score (nSPS) is 18.9. The van der Waals surface area contributed by atoms with E-state index in [-0.39, 0.29) is 23.5 Å². The van der Waals surface area contributed by atoms with E-state index in [1.807, 2.05) is 4.90 Å². The topological polar surface area (TPSA) is 37.4 Å². The summed E-state index contributed by atoms with van der Waals surface area (Å²) in [5.74, 6) is 0.613. The first-order valence-electron chi connectivity index (χ1n) is 5.62. The minimum absolute atomic E-state index is 0.0000231. The third kappa shape index (κ3) is 3.05. The summed E-state index contributed by atoms with van der Waals surface area (Å²) in [5.41, 5.74) is 0.121. The van der Waals surface area contributed by atoms with Crippen molar-refractivity contribution in [3.63, 3.8) is 0 Å². The minimum atomic E-state index is -0.0000231. The largest absolute Gasteiger partial charge is 0.341 e. The molecule has 0 spiro atoms. The van der Waals surface area contributed by atoms with E-state index in [9.17, 15) is 9.59 Å². The van der Waals surface area contributed by atoms with Crippen LogP contribution in [0.25, 0.3) is 0 Å². The van der Waals surface area contributed by atoms with Crippen LogP contribution < -0.4 is 0 Å². The maximum atomic E-state index is 11.6. The summed E-state index contributed by atoms with van der Waals surface area (Å²) in [5, 5.41) is 0. The molecule has 3 heteroatoms. The fourth-order valence-corrected chi connectivity index (χ4v) is 1.59. The van der Waals surface area contributed by atoms with Gasteiger partial charge in [-0.2, -0.15) is 0 Å². The molecular formula is C12H21NO2.